The summed E-state index contributed by atoms with van der Waals surface area (Å²) >= 11 is 0. The lowest BCUT2D eigenvalue weighted by atomic mass is 10.2. The van der Waals surface area contributed by atoms with E-state index in [4.69, 9.17) is 5.11 Å². The van der Waals surface area contributed by atoms with Crippen molar-refractivity contribution in [3.63, 3.8) is 0 Å². The molecule has 0 spiro atoms. The van der Waals surface area contributed by atoms with E-state index in [2.05, 4.69) is 17.2 Å². The van der Waals surface area contributed by atoms with Gasteiger partial charge in [-0.2, -0.15) is 0 Å². The van der Waals surface area contributed by atoms with Crippen molar-refractivity contribution in [2.45, 2.75) is 32.6 Å². The molecule has 0 aliphatic carbocycles. The van der Waals surface area contributed by atoms with Crippen molar-refractivity contribution >= 4 is 5.69 Å². The molecule has 0 saturated carbocycles. The fourth-order valence-corrected chi connectivity index (χ4v) is 1.49. The van der Waals surface area contributed by atoms with Gasteiger partial charge in [0, 0.05) is 31.2 Å². The second-order valence-corrected chi connectivity index (χ2v) is 3.76. The fraction of sp³-hybridized carbons (Fsp3) is 0.583. The third-order valence-corrected chi connectivity index (χ3v) is 2.42. The minimum Gasteiger partial charge on any atom is -0.396 e. The van der Waals surface area contributed by atoms with Crippen LogP contribution in [0.5, 0.6) is 0 Å². The fourth-order valence-electron chi connectivity index (χ4n) is 1.49. The van der Waals surface area contributed by atoms with Crippen LogP contribution in [0.15, 0.2) is 18.5 Å². The molecular formula is C12H20N2O. The molecule has 1 aromatic heterocycles. The molecule has 0 saturated heterocycles. The Morgan fingerprint density at radius 1 is 1.27 bits per heavy atom. The number of hydrogen-bond acceptors (Lipinski definition) is 3. The number of nitrogens with zero attached hydrogens (tertiary/aromatic N) is 1. The van der Waals surface area contributed by atoms with Gasteiger partial charge in [-0.15, -0.1) is 0 Å². The van der Waals surface area contributed by atoms with Gasteiger partial charge < -0.3 is 10.4 Å². The SMILES string of the molecule is Cc1cnccc1NCCCCCCO. The molecule has 0 amide bonds. The number of anilines is 1. The van der Waals surface area contributed by atoms with Gasteiger partial charge in [0.15, 0.2) is 0 Å². The third kappa shape index (κ3) is 4.79. The summed E-state index contributed by atoms with van der Waals surface area (Å²) in [7, 11) is 0. The zero-order valence-electron chi connectivity index (χ0n) is 9.37. The van der Waals surface area contributed by atoms with Crippen molar-refractivity contribution in [2.75, 3.05) is 18.5 Å². The minimum atomic E-state index is 0.316. The van der Waals surface area contributed by atoms with Gasteiger partial charge in [-0.05, 0) is 31.4 Å². The Hall–Kier alpha value is -1.09. The zero-order valence-corrected chi connectivity index (χ0v) is 9.37. The van der Waals surface area contributed by atoms with Crippen LogP contribution in [0.1, 0.15) is 31.2 Å². The van der Waals surface area contributed by atoms with Crippen LogP contribution in [0.3, 0.4) is 0 Å². The molecule has 84 valence electrons. The van der Waals surface area contributed by atoms with Crippen LogP contribution in [0.25, 0.3) is 0 Å². The number of aliphatic hydroxyl groups is 1. The normalized spacial score (nSPS) is 10.3. The van der Waals surface area contributed by atoms with E-state index in [9.17, 15) is 0 Å². The smallest absolute Gasteiger partial charge is 0.0431 e. The molecule has 0 aliphatic heterocycles. The first kappa shape index (κ1) is 12.0. The lowest BCUT2D eigenvalue weighted by Crippen LogP contribution is -2.03. The first-order valence-electron chi connectivity index (χ1n) is 5.60. The van der Waals surface area contributed by atoms with Crippen LogP contribution in [0.2, 0.25) is 0 Å². The number of aliphatic hydroxyl groups excluding tert-OH is 1. The first-order valence-corrected chi connectivity index (χ1v) is 5.60. The number of hydrogen-bond donors (Lipinski definition) is 2. The first-order chi connectivity index (χ1) is 7.34. The minimum absolute atomic E-state index is 0.316. The molecule has 3 nitrogen and oxygen atoms in total. The highest BCUT2D eigenvalue weighted by Crippen LogP contribution is 2.11. The molecule has 3 heteroatoms. The van der Waals surface area contributed by atoms with Gasteiger partial charge in [-0.3, -0.25) is 4.98 Å². The Morgan fingerprint density at radius 3 is 2.80 bits per heavy atom. The molecule has 15 heavy (non-hydrogen) atoms. The Labute approximate surface area is 91.5 Å². The summed E-state index contributed by atoms with van der Waals surface area (Å²) in [5.74, 6) is 0. The summed E-state index contributed by atoms with van der Waals surface area (Å²) in [6.45, 7) is 3.37. The highest BCUT2D eigenvalue weighted by molar-refractivity contribution is 5.48. The Kier molecular flexibility index (Phi) is 5.78. The van der Waals surface area contributed by atoms with Gasteiger partial charge in [0.05, 0.1) is 0 Å². The maximum atomic E-state index is 8.61. The van der Waals surface area contributed by atoms with E-state index < -0.39 is 0 Å². The highest BCUT2D eigenvalue weighted by atomic mass is 16.2. The van der Waals surface area contributed by atoms with Gasteiger partial charge in [0.25, 0.3) is 0 Å². The molecule has 0 atom stereocenters. The summed E-state index contributed by atoms with van der Waals surface area (Å²) in [6.07, 6.45) is 8.05. The van der Waals surface area contributed by atoms with Crippen molar-refractivity contribution in [1.29, 1.82) is 0 Å². The molecule has 1 heterocycles. The molecular weight excluding hydrogens is 188 g/mol. The molecule has 1 aromatic rings. The van der Waals surface area contributed by atoms with E-state index in [1.54, 1.807) is 6.20 Å². The van der Waals surface area contributed by atoms with Gasteiger partial charge in [-0.1, -0.05) is 12.8 Å². The van der Waals surface area contributed by atoms with Crippen LogP contribution in [-0.4, -0.2) is 23.2 Å². The Bertz CT molecular complexity index is 276. The molecule has 0 bridgehead atoms. The predicted octanol–water partition coefficient (Wildman–Crippen LogP) is 2.35. The van der Waals surface area contributed by atoms with E-state index in [1.807, 2.05) is 12.3 Å². The molecule has 0 fully saturated rings. The lowest BCUT2D eigenvalue weighted by Gasteiger charge is -2.08. The van der Waals surface area contributed by atoms with Crippen molar-refractivity contribution in [1.82, 2.24) is 4.98 Å². The Balaban J connectivity index is 2.12. The Morgan fingerprint density at radius 2 is 2.07 bits per heavy atom. The van der Waals surface area contributed by atoms with Crippen LogP contribution in [-0.2, 0) is 0 Å². The van der Waals surface area contributed by atoms with E-state index in [1.165, 1.54) is 17.7 Å². The molecule has 2 N–H and O–H groups in total. The number of nitrogens with one attached hydrogen (secondary N) is 1. The van der Waals surface area contributed by atoms with Crippen LogP contribution < -0.4 is 5.32 Å². The number of aryl methyl sites for hydroxylation is 1. The summed E-state index contributed by atoms with van der Waals surface area (Å²) in [5, 5.41) is 12.0. The molecule has 0 radical (unpaired) electrons. The number of pyridine rings is 1. The van der Waals surface area contributed by atoms with E-state index in [-0.39, 0.29) is 0 Å². The second-order valence-electron chi connectivity index (χ2n) is 3.76. The quantitative estimate of drug-likeness (QED) is 0.676. The molecule has 0 aromatic carbocycles. The van der Waals surface area contributed by atoms with Crippen LogP contribution in [0, 0.1) is 6.92 Å². The lowest BCUT2D eigenvalue weighted by molar-refractivity contribution is 0.283. The summed E-state index contributed by atoms with van der Waals surface area (Å²) < 4.78 is 0. The van der Waals surface area contributed by atoms with E-state index in [0.29, 0.717) is 6.61 Å². The monoisotopic (exact) mass is 208 g/mol. The van der Waals surface area contributed by atoms with Crippen LogP contribution in [0.4, 0.5) is 5.69 Å². The largest absolute Gasteiger partial charge is 0.396 e. The average Bonchev–Trinajstić information content (AvgIpc) is 2.25. The number of aromatic nitrogens is 1. The van der Waals surface area contributed by atoms with Gasteiger partial charge in [0.2, 0.25) is 0 Å². The van der Waals surface area contributed by atoms with Gasteiger partial charge in [0.1, 0.15) is 0 Å². The van der Waals surface area contributed by atoms with E-state index in [0.717, 1.165) is 25.8 Å². The molecule has 1 rings (SSSR count). The predicted molar refractivity (Wildman–Crippen MR) is 63.0 cm³/mol. The zero-order chi connectivity index (χ0) is 10.9. The molecule has 0 unspecified atom stereocenters. The maximum absolute atomic E-state index is 8.61. The molecule has 0 aliphatic rings. The van der Waals surface area contributed by atoms with Crippen molar-refractivity contribution in [3.8, 4) is 0 Å². The second kappa shape index (κ2) is 7.23. The summed E-state index contributed by atoms with van der Waals surface area (Å²) in [5.41, 5.74) is 2.36. The standard InChI is InChI=1S/C12H20N2O/c1-11-10-13-8-6-12(11)14-7-4-2-3-5-9-15/h6,8,10,15H,2-5,7,9H2,1H3,(H,13,14). The van der Waals surface area contributed by atoms with Gasteiger partial charge in [-0.25, -0.2) is 0 Å². The average molecular weight is 208 g/mol. The summed E-state index contributed by atoms with van der Waals surface area (Å²) in [4.78, 5) is 4.05. The van der Waals surface area contributed by atoms with Crippen molar-refractivity contribution in [2.24, 2.45) is 0 Å². The third-order valence-electron chi connectivity index (χ3n) is 2.42. The van der Waals surface area contributed by atoms with E-state index >= 15 is 0 Å². The number of rotatable bonds is 7. The maximum Gasteiger partial charge on any atom is 0.0431 e. The van der Waals surface area contributed by atoms with Crippen molar-refractivity contribution < 1.29 is 5.11 Å². The van der Waals surface area contributed by atoms with Gasteiger partial charge >= 0.3 is 0 Å². The van der Waals surface area contributed by atoms with Crippen LogP contribution >= 0.6 is 0 Å². The topological polar surface area (TPSA) is 45.2 Å². The highest BCUT2D eigenvalue weighted by Gasteiger charge is 1.95. The number of unbranched alkanes of at least 4 members (excludes halogenated alkanes) is 3. The summed E-state index contributed by atoms with van der Waals surface area (Å²) in [6, 6.07) is 2.00. The van der Waals surface area contributed by atoms with Crippen molar-refractivity contribution in [3.05, 3.63) is 24.0 Å².